The van der Waals surface area contributed by atoms with Crippen molar-refractivity contribution in [3.8, 4) is 0 Å². The molecule has 0 aromatic heterocycles. The van der Waals surface area contributed by atoms with Gasteiger partial charge in [0.25, 0.3) is 0 Å². The van der Waals surface area contributed by atoms with E-state index in [2.05, 4.69) is 35.2 Å². The Morgan fingerprint density at radius 2 is 1.65 bits per heavy atom. The highest BCUT2D eigenvalue weighted by Gasteiger charge is 2.41. The largest absolute Gasteiger partial charge is 0.369 e. The van der Waals surface area contributed by atoms with Crippen molar-refractivity contribution >= 4 is 5.91 Å². The van der Waals surface area contributed by atoms with Gasteiger partial charge in [-0.3, -0.25) is 9.69 Å². The van der Waals surface area contributed by atoms with Crippen LogP contribution in [0.2, 0.25) is 0 Å². The fourth-order valence-corrected chi connectivity index (χ4v) is 4.57. The number of likely N-dealkylation sites (tertiary alicyclic amines) is 1. The monoisotopic (exact) mass is 314 g/mol. The van der Waals surface area contributed by atoms with E-state index in [1.807, 2.05) is 0 Å². The number of hydrogen-bond acceptors (Lipinski definition) is 2. The Hall–Kier alpha value is -1.35. The van der Waals surface area contributed by atoms with Gasteiger partial charge >= 0.3 is 0 Å². The second kappa shape index (κ2) is 7.48. The molecular formula is C20H30N2O. The predicted molar refractivity (Wildman–Crippen MR) is 94.1 cm³/mol. The molecule has 3 rings (SSSR count). The van der Waals surface area contributed by atoms with Crippen molar-refractivity contribution in [2.24, 2.45) is 11.7 Å². The second-order valence-corrected chi connectivity index (χ2v) is 7.46. The number of hydrogen-bond donors (Lipinski definition) is 1. The molecule has 0 spiro atoms. The van der Waals surface area contributed by atoms with Crippen molar-refractivity contribution < 1.29 is 4.79 Å². The molecule has 1 amide bonds. The Bertz CT molecular complexity index is 498. The first-order chi connectivity index (χ1) is 11.2. The number of nitrogens with zero attached hydrogens (tertiary/aromatic N) is 1. The molecule has 126 valence electrons. The van der Waals surface area contributed by atoms with Crippen molar-refractivity contribution in [1.29, 1.82) is 0 Å². The molecule has 2 aliphatic rings. The molecule has 0 bridgehead atoms. The lowest BCUT2D eigenvalue weighted by molar-refractivity contribution is -0.123. The molecule has 1 aromatic rings. The van der Waals surface area contributed by atoms with Gasteiger partial charge in [0.15, 0.2) is 0 Å². The second-order valence-electron chi connectivity index (χ2n) is 7.46. The van der Waals surface area contributed by atoms with Gasteiger partial charge in [0, 0.05) is 11.5 Å². The summed E-state index contributed by atoms with van der Waals surface area (Å²) in [6.45, 7) is 2.43. The molecule has 1 aromatic carbocycles. The molecule has 1 aliphatic carbocycles. The first-order valence-electron chi connectivity index (χ1n) is 9.28. The average Bonchev–Trinajstić information content (AvgIpc) is 2.86. The van der Waals surface area contributed by atoms with E-state index in [0.29, 0.717) is 0 Å². The van der Waals surface area contributed by atoms with Crippen molar-refractivity contribution in [1.82, 2.24) is 4.90 Å². The van der Waals surface area contributed by atoms with Gasteiger partial charge in [0.1, 0.15) is 0 Å². The molecule has 1 aliphatic heterocycles. The zero-order chi connectivity index (χ0) is 16.1. The van der Waals surface area contributed by atoms with Crippen LogP contribution in [0.5, 0.6) is 0 Å². The topological polar surface area (TPSA) is 46.3 Å². The predicted octanol–water partition coefficient (Wildman–Crippen LogP) is 3.52. The van der Waals surface area contributed by atoms with Crippen LogP contribution in [0.4, 0.5) is 0 Å². The van der Waals surface area contributed by atoms with Crippen LogP contribution in [0.15, 0.2) is 30.3 Å². The third kappa shape index (κ3) is 3.95. The van der Waals surface area contributed by atoms with E-state index in [4.69, 9.17) is 5.73 Å². The van der Waals surface area contributed by atoms with Crippen molar-refractivity contribution in [2.75, 3.05) is 13.1 Å². The smallest absolute Gasteiger partial charge is 0.220 e. The minimum absolute atomic E-state index is 0.0888. The number of amides is 1. The molecular weight excluding hydrogens is 284 g/mol. The van der Waals surface area contributed by atoms with Crippen LogP contribution in [0.25, 0.3) is 0 Å². The molecule has 23 heavy (non-hydrogen) atoms. The number of rotatable bonds is 4. The van der Waals surface area contributed by atoms with Gasteiger partial charge in [-0.25, -0.2) is 0 Å². The standard InChI is InChI=1S/C20H30N2O/c21-19(23)18-10-12-20(13-11-18,16-17-8-4-3-5-9-17)22-14-6-1-2-7-15-22/h3-5,8-9,18H,1-2,6-7,10-16H2,(H2,21,23). The third-order valence-corrected chi connectivity index (χ3v) is 5.97. The summed E-state index contributed by atoms with van der Waals surface area (Å²) in [5.41, 5.74) is 7.22. The first kappa shape index (κ1) is 16.5. The van der Waals surface area contributed by atoms with E-state index in [-0.39, 0.29) is 17.4 Å². The highest BCUT2D eigenvalue weighted by atomic mass is 16.1. The van der Waals surface area contributed by atoms with Gasteiger partial charge in [0.05, 0.1) is 0 Å². The van der Waals surface area contributed by atoms with E-state index in [9.17, 15) is 4.79 Å². The van der Waals surface area contributed by atoms with Crippen LogP contribution in [0.3, 0.4) is 0 Å². The number of carbonyl (C=O) groups is 1. The summed E-state index contributed by atoms with van der Waals surface area (Å²) in [5.74, 6) is -0.0138. The van der Waals surface area contributed by atoms with Crippen LogP contribution < -0.4 is 5.73 Å². The van der Waals surface area contributed by atoms with E-state index in [1.54, 1.807) is 0 Å². The maximum atomic E-state index is 11.6. The van der Waals surface area contributed by atoms with Crippen molar-refractivity contribution in [3.63, 3.8) is 0 Å². The Kier molecular flexibility index (Phi) is 5.37. The SMILES string of the molecule is NC(=O)C1CCC(Cc2ccccc2)(N2CCCCCC2)CC1. The fraction of sp³-hybridized carbons (Fsp3) is 0.650. The highest BCUT2D eigenvalue weighted by molar-refractivity contribution is 5.76. The van der Waals surface area contributed by atoms with Crippen LogP contribution in [0, 0.1) is 5.92 Å². The van der Waals surface area contributed by atoms with E-state index >= 15 is 0 Å². The minimum Gasteiger partial charge on any atom is -0.369 e. The Morgan fingerprint density at radius 1 is 1.04 bits per heavy atom. The van der Waals surface area contributed by atoms with E-state index < -0.39 is 0 Å². The normalized spacial score (nSPS) is 29.8. The Morgan fingerprint density at radius 3 is 2.22 bits per heavy atom. The quantitative estimate of drug-likeness (QED) is 0.924. The lowest BCUT2D eigenvalue weighted by atomic mass is 9.72. The van der Waals surface area contributed by atoms with Crippen LogP contribution in [-0.2, 0) is 11.2 Å². The number of primary amides is 1. The summed E-state index contributed by atoms with van der Waals surface area (Å²) in [6.07, 6.45) is 10.6. The van der Waals surface area contributed by atoms with Crippen molar-refractivity contribution in [3.05, 3.63) is 35.9 Å². The Labute approximate surface area is 140 Å². The maximum absolute atomic E-state index is 11.6. The van der Waals surface area contributed by atoms with E-state index in [1.165, 1.54) is 44.3 Å². The average molecular weight is 314 g/mol. The lowest BCUT2D eigenvalue weighted by Crippen LogP contribution is -2.53. The fourth-order valence-electron chi connectivity index (χ4n) is 4.57. The molecule has 1 saturated heterocycles. The summed E-state index contributed by atoms with van der Waals surface area (Å²) < 4.78 is 0. The summed E-state index contributed by atoms with van der Waals surface area (Å²) >= 11 is 0. The molecule has 0 atom stereocenters. The van der Waals surface area contributed by atoms with Gasteiger partial charge in [-0.1, -0.05) is 43.2 Å². The summed E-state index contributed by atoms with van der Waals surface area (Å²) in [4.78, 5) is 14.3. The number of benzene rings is 1. The van der Waals surface area contributed by atoms with Gasteiger partial charge in [-0.15, -0.1) is 0 Å². The van der Waals surface area contributed by atoms with E-state index in [0.717, 1.165) is 32.1 Å². The zero-order valence-electron chi connectivity index (χ0n) is 14.2. The highest BCUT2D eigenvalue weighted by Crippen LogP contribution is 2.40. The number of carbonyl (C=O) groups excluding carboxylic acids is 1. The van der Waals surface area contributed by atoms with Crippen molar-refractivity contribution in [2.45, 2.75) is 63.3 Å². The molecule has 0 unspecified atom stereocenters. The molecule has 1 saturated carbocycles. The molecule has 2 N–H and O–H groups in total. The van der Waals surface area contributed by atoms with Gasteiger partial charge in [-0.2, -0.15) is 0 Å². The van der Waals surface area contributed by atoms with Crippen LogP contribution >= 0.6 is 0 Å². The number of nitrogens with two attached hydrogens (primary N) is 1. The van der Waals surface area contributed by atoms with Crippen LogP contribution in [-0.4, -0.2) is 29.4 Å². The summed E-state index contributed by atoms with van der Waals surface area (Å²) in [6, 6.07) is 10.9. The molecule has 3 heteroatoms. The van der Waals surface area contributed by atoms with Gasteiger partial charge in [-0.05, 0) is 63.6 Å². The summed E-state index contributed by atoms with van der Waals surface area (Å²) in [5, 5.41) is 0. The zero-order valence-corrected chi connectivity index (χ0v) is 14.2. The molecule has 2 fully saturated rings. The minimum atomic E-state index is -0.103. The molecule has 1 heterocycles. The van der Waals surface area contributed by atoms with Crippen LogP contribution in [0.1, 0.15) is 56.9 Å². The molecule has 3 nitrogen and oxygen atoms in total. The van der Waals surface area contributed by atoms with Gasteiger partial charge in [0.2, 0.25) is 5.91 Å². The first-order valence-corrected chi connectivity index (χ1v) is 9.28. The molecule has 0 radical (unpaired) electrons. The summed E-state index contributed by atoms with van der Waals surface area (Å²) in [7, 11) is 0. The van der Waals surface area contributed by atoms with Gasteiger partial charge < -0.3 is 5.73 Å². The third-order valence-electron chi connectivity index (χ3n) is 5.97. The maximum Gasteiger partial charge on any atom is 0.220 e. The lowest BCUT2D eigenvalue weighted by Gasteiger charge is -2.48. The Balaban J connectivity index is 1.79.